The molecular formula is C18H18N2S. The summed E-state index contributed by atoms with van der Waals surface area (Å²) in [6.07, 6.45) is 7.45. The molecule has 2 aromatic rings. The Kier molecular flexibility index (Phi) is 4.43. The van der Waals surface area contributed by atoms with Gasteiger partial charge in [-0.2, -0.15) is 0 Å². The zero-order valence-corrected chi connectivity index (χ0v) is 12.6. The minimum absolute atomic E-state index is 0.569. The molecule has 0 aliphatic heterocycles. The summed E-state index contributed by atoms with van der Waals surface area (Å²) in [4.78, 5) is 1.20. The van der Waals surface area contributed by atoms with Crippen LogP contribution >= 0.6 is 11.9 Å². The maximum Gasteiger partial charge on any atom is 0.0519 e. The first kappa shape index (κ1) is 14.0. The van der Waals surface area contributed by atoms with E-state index >= 15 is 0 Å². The highest BCUT2D eigenvalue weighted by molar-refractivity contribution is 8.00. The average Bonchev–Trinajstić information content (AvgIpc) is 3.08. The highest BCUT2D eigenvalue weighted by atomic mass is 32.2. The van der Waals surface area contributed by atoms with Gasteiger partial charge in [-0.05, 0) is 53.8 Å². The topological polar surface area (TPSA) is 38.0 Å². The third kappa shape index (κ3) is 3.38. The van der Waals surface area contributed by atoms with E-state index < -0.39 is 0 Å². The standard InChI is InChI=1S/C18H18N2S/c19-13-14-10-11-18(17(12-14)15-6-4-5-7-15)20-21-16-8-2-1-3-9-16/h1-6,8-12,20H,7,13,19H2. The lowest BCUT2D eigenvalue weighted by molar-refractivity contribution is 1.07. The second-order valence-corrected chi connectivity index (χ2v) is 5.81. The number of allylic oxidation sites excluding steroid dienone is 4. The molecule has 3 N–H and O–H groups in total. The van der Waals surface area contributed by atoms with E-state index in [-0.39, 0.29) is 0 Å². The fourth-order valence-electron chi connectivity index (χ4n) is 2.32. The van der Waals surface area contributed by atoms with Crippen molar-refractivity contribution in [3.05, 3.63) is 77.9 Å². The van der Waals surface area contributed by atoms with E-state index in [9.17, 15) is 0 Å². The molecule has 0 saturated carbocycles. The molecule has 1 aliphatic carbocycles. The second-order valence-electron chi connectivity index (χ2n) is 4.93. The van der Waals surface area contributed by atoms with Crippen LogP contribution in [0.4, 0.5) is 5.69 Å². The van der Waals surface area contributed by atoms with Gasteiger partial charge in [0.2, 0.25) is 0 Å². The number of hydrogen-bond donors (Lipinski definition) is 2. The van der Waals surface area contributed by atoms with Crippen LogP contribution in [0.25, 0.3) is 5.57 Å². The summed E-state index contributed by atoms with van der Waals surface area (Å²) >= 11 is 1.63. The van der Waals surface area contributed by atoms with Gasteiger partial charge in [0.05, 0.1) is 5.69 Å². The Morgan fingerprint density at radius 3 is 2.67 bits per heavy atom. The molecule has 21 heavy (non-hydrogen) atoms. The Balaban J connectivity index is 1.83. The number of nitrogens with two attached hydrogens (primary N) is 1. The molecule has 0 saturated heterocycles. The molecule has 0 bridgehead atoms. The van der Waals surface area contributed by atoms with Gasteiger partial charge in [-0.15, -0.1) is 0 Å². The molecule has 1 aliphatic rings. The van der Waals surface area contributed by atoms with Crippen molar-refractivity contribution in [2.45, 2.75) is 17.9 Å². The molecule has 106 valence electrons. The number of benzene rings is 2. The Labute approximate surface area is 129 Å². The Morgan fingerprint density at radius 2 is 1.95 bits per heavy atom. The van der Waals surface area contributed by atoms with Gasteiger partial charge in [-0.3, -0.25) is 0 Å². The quantitative estimate of drug-likeness (QED) is 0.791. The van der Waals surface area contributed by atoms with E-state index in [2.05, 4.69) is 53.3 Å². The Morgan fingerprint density at radius 1 is 1.10 bits per heavy atom. The van der Waals surface area contributed by atoms with E-state index in [1.165, 1.54) is 16.0 Å². The minimum Gasteiger partial charge on any atom is -0.326 e. The Hall–Kier alpha value is -1.97. The summed E-state index contributed by atoms with van der Waals surface area (Å²) in [5.74, 6) is 0. The third-order valence-electron chi connectivity index (χ3n) is 3.46. The lowest BCUT2D eigenvalue weighted by atomic mass is 10.0. The Bertz CT molecular complexity index is 675. The molecule has 0 radical (unpaired) electrons. The highest BCUT2D eigenvalue weighted by Crippen LogP contribution is 2.33. The molecule has 0 atom stereocenters. The minimum atomic E-state index is 0.569. The molecule has 3 rings (SSSR count). The van der Waals surface area contributed by atoms with Crippen LogP contribution in [0.3, 0.4) is 0 Å². The van der Waals surface area contributed by atoms with Gasteiger partial charge in [-0.25, -0.2) is 0 Å². The van der Waals surface area contributed by atoms with Crippen molar-refractivity contribution in [2.24, 2.45) is 5.73 Å². The number of anilines is 1. The fourth-order valence-corrected chi connectivity index (χ4v) is 3.02. The van der Waals surface area contributed by atoms with Crippen molar-refractivity contribution >= 4 is 23.2 Å². The van der Waals surface area contributed by atoms with Gasteiger partial charge in [0.15, 0.2) is 0 Å². The normalized spacial score (nSPS) is 13.3. The first-order valence-corrected chi connectivity index (χ1v) is 7.85. The summed E-state index contributed by atoms with van der Waals surface area (Å²) < 4.78 is 3.46. The lowest BCUT2D eigenvalue weighted by Crippen LogP contribution is -1.99. The van der Waals surface area contributed by atoms with Crippen LogP contribution in [0, 0.1) is 0 Å². The van der Waals surface area contributed by atoms with Crippen LogP contribution in [0.5, 0.6) is 0 Å². The van der Waals surface area contributed by atoms with Gasteiger partial charge in [-0.1, -0.05) is 42.5 Å². The zero-order chi connectivity index (χ0) is 14.5. The summed E-state index contributed by atoms with van der Waals surface area (Å²) in [5.41, 5.74) is 10.6. The van der Waals surface area contributed by atoms with E-state index in [0.717, 1.165) is 17.7 Å². The molecule has 2 aromatic carbocycles. The molecule has 0 spiro atoms. The van der Waals surface area contributed by atoms with Gasteiger partial charge in [0.1, 0.15) is 0 Å². The molecule has 0 aromatic heterocycles. The highest BCUT2D eigenvalue weighted by Gasteiger charge is 2.10. The smallest absolute Gasteiger partial charge is 0.0519 e. The maximum atomic E-state index is 5.77. The van der Waals surface area contributed by atoms with Gasteiger partial charge in [0, 0.05) is 17.0 Å². The van der Waals surface area contributed by atoms with Crippen molar-refractivity contribution in [2.75, 3.05) is 4.72 Å². The van der Waals surface area contributed by atoms with Crippen molar-refractivity contribution in [1.29, 1.82) is 0 Å². The SMILES string of the molecule is NCc1ccc(NSc2ccccc2)c(C2=CC=CC2)c1. The van der Waals surface area contributed by atoms with Crippen LogP contribution in [0.2, 0.25) is 0 Å². The molecule has 0 unspecified atom stereocenters. The largest absolute Gasteiger partial charge is 0.326 e. The molecule has 0 heterocycles. The first-order chi connectivity index (χ1) is 10.4. The van der Waals surface area contributed by atoms with Crippen LogP contribution < -0.4 is 10.5 Å². The van der Waals surface area contributed by atoms with Crippen LogP contribution in [0.15, 0.2) is 71.7 Å². The second kappa shape index (κ2) is 6.66. The number of rotatable bonds is 5. The van der Waals surface area contributed by atoms with Crippen LogP contribution in [-0.2, 0) is 6.54 Å². The van der Waals surface area contributed by atoms with E-state index in [1.807, 2.05) is 18.2 Å². The molecule has 3 heteroatoms. The monoisotopic (exact) mass is 294 g/mol. The average molecular weight is 294 g/mol. The van der Waals surface area contributed by atoms with E-state index in [0.29, 0.717) is 6.54 Å². The summed E-state index contributed by atoms with van der Waals surface area (Å²) in [6, 6.07) is 16.7. The van der Waals surface area contributed by atoms with Gasteiger partial charge in [0.25, 0.3) is 0 Å². The van der Waals surface area contributed by atoms with Crippen LogP contribution in [-0.4, -0.2) is 0 Å². The third-order valence-corrected chi connectivity index (χ3v) is 4.29. The van der Waals surface area contributed by atoms with Crippen molar-refractivity contribution in [3.63, 3.8) is 0 Å². The van der Waals surface area contributed by atoms with Crippen molar-refractivity contribution < 1.29 is 0 Å². The zero-order valence-electron chi connectivity index (χ0n) is 11.8. The van der Waals surface area contributed by atoms with Gasteiger partial charge >= 0.3 is 0 Å². The molecule has 0 amide bonds. The van der Waals surface area contributed by atoms with Crippen molar-refractivity contribution in [3.8, 4) is 0 Å². The predicted octanol–water partition coefficient (Wildman–Crippen LogP) is 4.61. The van der Waals surface area contributed by atoms with Gasteiger partial charge < -0.3 is 10.5 Å². The first-order valence-electron chi connectivity index (χ1n) is 7.04. The molecular weight excluding hydrogens is 276 g/mol. The molecule has 2 nitrogen and oxygen atoms in total. The number of nitrogens with one attached hydrogen (secondary N) is 1. The summed E-state index contributed by atoms with van der Waals surface area (Å²) in [7, 11) is 0. The number of hydrogen-bond acceptors (Lipinski definition) is 3. The summed E-state index contributed by atoms with van der Waals surface area (Å²) in [5, 5.41) is 0. The molecule has 0 fully saturated rings. The van der Waals surface area contributed by atoms with Crippen LogP contribution in [0.1, 0.15) is 17.5 Å². The van der Waals surface area contributed by atoms with E-state index in [4.69, 9.17) is 5.73 Å². The maximum absolute atomic E-state index is 5.77. The summed E-state index contributed by atoms with van der Waals surface area (Å²) in [6.45, 7) is 0.569. The fraction of sp³-hybridized carbons (Fsp3) is 0.111. The lowest BCUT2D eigenvalue weighted by Gasteiger charge is -2.14. The van der Waals surface area contributed by atoms with Crippen molar-refractivity contribution in [1.82, 2.24) is 0 Å². The predicted molar refractivity (Wildman–Crippen MR) is 92.0 cm³/mol. The van der Waals surface area contributed by atoms with E-state index in [1.54, 1.807) is 11.9 Å².